The molecule has 266 valence electrons. The first-order chi connectivity index (χ1) is 24.2. The van der Waals surface area contributed by atoms with Gasteiger partial charge >= 0.3 is 0 Å². The fourth-order valence-electron chi connectivity index (χ4n) is 6.33. The van der Waals surface area contributed by atoms with Gasteiger partial charge in [0.2, 0.25) is 0 Å². The normalized spacial score (nSPS) is 11.7. The maximum atomic E-state index is 13.2. The molecule has 1 unspecified atom stereocenters. The molecule has 1 atom stereocenters. The molecule has 4 N–H and O–H groups in total. The number of aromatic hydroxyl groups is 2. The van der Waals surface area contributed by atoms with Gasteiger partial charge in [-0.1, -0.05) is 47.1 Å². The predicted molar refractivity (Wildman–Crippen MR) is 209 cm³/mol. The maximum absolute atomic E-state index is 13.2. The van der Waals surface area contributed by atoms with E-state index in [0.29, 0.717) is 11.1 Å². The first kappa shape index (κ1) is 38.0. The summed E-state index contributed by atoms with van der Waals surface area (Å²) in [5, 5.41) is 28.7. The topological polar surface area (TPSA) is 103 Å². The Balaban J connectivity index is 0.00000276. The third kappa shape index (κ3) is 9.45. The molecule has 0 aliphatic carbocycles. The number of rotatable bonds is 15. The highest BCUT2D eigenvalue weighted by molar-refractivity contribution is 6.05. The minimum absolute atomic E-state index is 0.141. The highest BCUT2D eigenvalue weighted by atomic mass is 16.3. The van der Waals surface area contributed by atoms with Crippen molar-refractivity contribution in [2.75, 3.05) is 30.3 Å². The Hall–Kier alpha value is -4.82. The number of nitrogens with one attached hydrogen (secondary N) is 2. The van der Waals surface area contributed by atoms with Gasteiger partial charge in [-0.05, 0) is 118 Å². The predicted octanol–water partition coefficient (Wildman–Crippen LogP) is 10.3. The number of pyridine rings is 1. The standard InChI is InChI=1S/C40H49N5O3.C2H6/c1-6-19-44(22-16-27(3)7-2)20-9-21-45-29(5)28(4)35-24-33(12-13-36(35)45)42-32-11-8-10-31(23-32)40(48)43-34-25-37(46)39(38(47)26-34)30-14-17-41-18-15-30;1-2/h8,10-15,17-18,23-27,42,46-47H,6-7,9,16,19-22H2,1-5H3,(H,43,48);1-2H3. The van der Waals surface area contributed by atoms with E-state index in [1.165, 1.54) is 60.1 Å². The van der Waals surface area contributed by atoms with Crippen LogP contribution >= 0.6 is 0 Å². The van der Waals surface area contributed by atoms with Crippen LogP contribution in [0.15, 0.2) is 79.1 Å². The van der Waals surface area contributed by atoms with Gasteiger partial charge in [0.15, 0.2) is 0 Å². The number of hydrogen-bond donors (Lipinski definition) is 4. The molecule has 0 fully saturated rings. The van der Waals surface area contributed by atoms with Gasteiger partial charge < -0.3 is 30.3 Å². The van der Waals surface area contributed by atoms with Gasteiger partial charge in [-0.2, -0.15) is 0 Å². The van der Waals surface area contributed by atoms with E-state index >= 15 is 0 Å². The van der Waals surface area contributed by atoms with E-state index in [9.17, 15) is 15.0 Å². The average molecular weight is 678 g/mol. The molecule has 3 aromatic carbocycles. The zero-order valence-corrected chi connectivity index (χ0v) is 30.9. The highest BCUT2D eigenvalue weighted by Gasteiger charge is 2.16. The van der Waals surface area contributed by atoms with Gasteiger partial charge in [-0.25, -0.2) is 0 Å². The van der Waals surface area contributed by atoms with E-state index in [2.05, 4.69) is 77.9 Å². The van der Waals surface area contributed by atoms with E-state index in [0.717, 1.165) is 43.3 Å². The van der Waals surface area contributed by atoms with Crippen LogP contribution in [0.5, 0.6) is 11.5 Å². The van der Waals surface area contributed by atoms with Crippen molar-refractivity contribution in [2.24, 2.45) is 5.92 Å². The van der Waals surface area contributed by atoms with Gasteiger partial charge in [0, 0.05) is 70.3 Å². The lowest BCUT2D eigenvalue weighted by atomic mass is 10.0. The van der Waals surface area contributed by atoms with Crippen molar-refractivity contribution in [3.8, 4) is 22.6 Å². The number of carbonyl (C=O) groups is 1. The van der Waals surface area contributed by atoms with Crippen LogP contribution in [-0.2, 0) is 6.54 Å². The molecule has 8 nitrogen and oxygen atoms in total. The fourth-order valence-corrected chi connectivity index (χ4v) is 6.33. The molecule has 5 aromatic rings. The van der Waals surface area contributed by atoms with Gasteiger partial charge in [0.05, 0.1) is 5.56 Å². The van der Waals surface area contributed by atoms with E-state index in [1.807, 2.05) is 26.0 Å². The quantitative estimate of drug-likeness (QED) is 0.0880. The smallest absolute Gasteiger partial charge is 0.255 e. The molecule has 0 aliphatic rings. The average Bonchev–Trinajstić information content (AvgIpc) is 3.35. The summed E-state index contributed by atoms with van der Waals surface area (Å²) in [5.41, 5.74) is 7.19. The van der Waals surface area contributed by atoms with Crippen LogP contribution in [0.25, 0.3) is 22.0 Å². The zero-order valence-electron chi connectivity index (χ0n) is 30.9. The van der Waals surface area contributed by atoms with E-state index < -0.39 is 0 Å². The van der Waals surface area contributed by atoms with Crippen molar-refractivity contribution < 1.29 is 15.0 Å². The molecule has 0 saturated carbocycles. The Morgan fingerprint density at radius 1 is 0.880 bits per heavy atom. The third-order valence-electron chi connectivity index (χ3n) is 9.41. The number of anilines is 3. The molecule has 0 saturated heterocycles. The van der Waals surface area contributed by atoms with Crippen molar-refractivity contribution in [3.63, 3.8) is 0 Å². The summed E-state index contributed by atoms with van der Waals surface area (Å²) in [6.07, 6.45) is 7.98. The van der Waals surface area contributed by atoms with Crippen LogP contribution in [0.2, 0.25) is 0 Å². The molecule has 5 rings (SSSR count). The second-order valence-electron chi connectivity index (χ2n) is 12.9. The number of phenolic OH excluding ortho intramolecular Hbond substituents is 2. The van der Waals surface area contributed by atoms with Crippen molar-refractivity contribution in [3.05, 3.63) is 95.9 Å². The van der Waals surface area contributed by atoms with Crippen molar-refractivity contribution in [2.45, 2.75) is 80.7 Å². The molecular formula is C42H55N5O3. The number of aromatic nitrogens is 2. The number of amides is 1. The molecule has 0 bridgehead atoms. The van der Waals surface area contributed by atoms with Gasteiger partial charge in [-0.15, -0.1) is 0 Å². The summed E-state index contributed by atoms with van der Waals surface area (Å²) in [4.78, 5) is 19.8. The monoisotopic (exact) mass is 677 g/mol. The van der Waals surface area contributed by atoms with Crippen molar-refractivity contribution in [1.29, 1.82) is 0 Å². The van der Waals surface area contributed by atoms with Crippen LogP contribution < -0.4 is 10.6 Å². The summed E-state index contributed by atoms with van der Waals surface area (Å²) < 4.78 is 2.46. The molecule has 1 amide bonds. The number of phenols is 2. The minimum Gasteiger partial charge on any atom is -0.507 e. The number of aryl methyl sites for hydroxylation is 2. The lowest BCUT2D eigenvalue weighted by molar-refractivity contribution is 0.102. The van der Waals surface area contributed by atoms with Crippen molar-refractivity contribution >= 4 is 33.9 Å². The first-order valence-electron chi connectivity index (χ1n) is 18.1. The number of benzene rings is 3. The molecule has 0 aliphatic heterocycles. The summed E-state index contributed by atoms with van der Waals surface area (Å²) in [6, 6.07) is 20.0. The Morgan fingerprint density at radius 2 is 1.58 bits per heavy atom. The van der Waals surface area contributed by atoms with Crippen LogP contribution in [-0.4, -0.2) is 50.2 Å². The molecule has 0 radical (unpaired) electrons. The highest BCUT2D eigenvalue weighted by Crippen LogP contribution is 2.39. The lowest BCUT2D eigenvalue weighted by Gasteiger charge is -2.23. The zero-order chi connectivity index (χ0) is 36.2. The van der Waals surface area contributed by atoms with Gasteiger partial charge in [0.1, 0.15) is 11.5 Å². The third-order valence-corrected chi connectivity index (χ3v) is 9.41. The molecule has 0 spiro atoms. The number of fused-ring (bicyclic) bond motifs is 1. The first-order valence-corrected chi connectivity index (χ1v) is 18.1. The summed E-state index contributed by atoms with van der Waals surface area (Å²) in [6.45, 7) is 19.7. The SMILES string of the molecule is CC.CCCN(CCCn1c(C)c(C)c2cc(Nc3cccc(C(=O)Nc4cc(O)c(-c5ccncc5)c(O)c4)c3)ccc21)CCC(C)CC. The molecule has 2 heterocycles. The van der Waals surface area contributed by atoms with Crippen molar-refractivity contribution in [1.82, 2.24) is 14.5 Å². The summed E-state index contributed by atoms with van der Waals surface area (Å²) in [5.74, 6) is 0.137. The number of hydrogen-bond acceptors (Lipinski definition) is 6. The van der Waals surface area contributed by atoms with Gasteiger partial charge in [-0.3, -0.25) is 9.78 Å². The number of nitrogens with zero attached hydrogens (tertiary/aromatic N) is 3. The second-order valence-corrected chi connectivity index (χ2v) is 12.9. The van der Waals surface area contributed by atoms with Gasteiger partial charge in [0.25, 0.3) is 5.91 Å². The Morgan fingerprint density at radius 3 is 2.26 bits per heavy atom. The van der Waals surface area contributed by atoms with E-state index in [1.54, 1.807) is 36.7 Å². The molecule has 2 aromatic heterocycles. The summed E-state index contributed by atoms with van der Waals surface area (Å²) in [7, 11) is 0. The Bertz CT molecular complexity index is 1830. The Kier molecular flexibility index (Phi) is 13.9. The minimum atomic E-state index is -0.356. The maximum Gasteiger partial charge on any atom is 0.255 e. The molecule has 8 heteroatoms. The molecule has 50 heavy (non-hydrogen) atoms. The van der Waals surface area contributed by atoms with E-state index in [-0.39, 0.29) is 28.7 Å². The lowest BCUT2D eigenvalue weighted by Crippen LogP contribution is -2.28. The van der Waals surface area contributed by atoms with E-state index in [4.69, 9.17) is 0 Å². The number of carbonyl (C=O) groups excluding carboxylic acids is 1. The summed E-state index contributed by atoms with van der Waals surface area (Å²) >= 11 is 0. The second kappa shape index (κ2) is 18.3. The van der Waals surface area contributed by atoms with Crippen LogP contribution in [0.1, 0.15) is 81.9 Å². The van der Waals surface area contributed by atoms with Crippen LogP contribution in [0, 0.1) is 19.8 Å². The largest absolute Gasteiger partial charge is 0.507 e. The fraction of sp³-hybridized carbons (Fsp3) is 0.381. The van der Waals surface area contributed by atoms with Crippen LogP contribution in [0.4, 0.5) is 17.1 Å². The van der Waals surface area contributed by atoms with Crippen LogP contribution in [0.3, 0.4) is 0 Å². The Labute approximate surface area is 298 Å². The molecular weight excluding hydrogens is 622 g/mol.